The van der Waals surface area contributed by atoms with E-state index in [1.807, 2.05) is 0 Å². The number of benzene rings is 1. The van der Waals surface area contributed by atoms with Crippen LogP contribution in [0.2, 0.25) is 0 Å². The van der Waals surface area contributed by atoms with Gasteiger partial charge >= 0.3 is 0 Å². The number of nitrogens with one attached hydrogen (secondary N) is 4. The van der Waals surface area contributed by atoms with Crippen LogP contribution in [-0.4, -0.2) is 51.7 Å². The van der Waals surface area contributed by atoms with Gasteiger partial charge in [0.15, 0.2) is 0 Å². The second kappa shape index (κ2) is 10.1. The van der Waals surface area contributed by atoms with Crippen molar-refractivity contribution in [1.29, 1.82) is 0 Å². The van der Waals surface area contributed by atoms with Crippen molar-refractivity contribution >= 4 is 45.5 Å². The minimum absolute atomic E-state index is 0.368. The van der Waals surface area contributed by atoms with E-state index in [4.69, 9.17) is 5.73 Å². The summed E-state index contributed by atoms with van der Waals surface area (Å²) in [6.45, 7) is 11.8. The Labute approximate surface area is 208 Å². The second-order valence-corrected chi connectivity index (χ2v) is 11.1. The number of nitrogens with two attached hydrogens (primary N) is 1. The Kier molecular flexibility index (Phi) is 8.66. The van der Waals surface area contributed by atoms with Gasteiger partial charge in [0.1, 0.15) is 22.2 Å². The summed E-state index contributed by atoms with van der Waals surface area (Å²) in [6, 6.07) is 6.63. The minimum atomic E-state index is -1.44. The molecule has 5 amide bonds. The molecule has 0 aliphatic rings. The number of carbonyl (C=O) groups is 5. The van der Waals surface area contributed by atoms with Crippen LogP contribution in [0.5, 0.6) is 0 Å². The lowest BCUT2D eigenvalue weighted by Crippen LogP contribution is -2.67. The first-order chi connectivity index (χ1) is 15.2. The highest BCUT2D eigenvalue weighted by Crippen LogP contribution is 2.15. The number of halogens is 1. The van der Waals surface area contributed by atoms with E-state index < -0.39 is 51.7 Å². The molecule has 10 nitrogen and oxygen atoms in total. The van der Waals surface area contributed by atoms with E-state index >= 15 is 0 Å². The fourth-order valence-corrected chi connectivity index (χ4v) is 2.77. The van der Waals surface area contributed by atoms with Gasteiger partial charge in [-0.05, 0) is 79.7 Å². The van der Waals surface area contributed by atoms with E-state index in [2.05, 4.69) is 37.2 Å². The van der Waals surface area contributed by atoms with Crippen molar-refractivity contribution in [2.45, 2.75) is 77.5 Å². The quantitative estimate of drug-likeness (QED) is 0.317. The molecule has 0 radical (unpaired) electrons. The Hall–Kier alpha value is -2.95. The summed E-state index contributed by atoms with van der Waals surface area (Å²) in [5, 5.41) is 10.3. The van der Waals surface area contributed by atoms with Gasteiger partial charge < -0.3 is 27.0 Å². The zero-order valence-corrected chi connectivity index (χ0v) is 22.4. The summed E-state index contributed by atoms with van der Waals surface area (Å²) in [4.78, 5) is 62.5. The maximum absolute atomic E-state index is 12.9. The SMILES string of the molecule is CC(C)(NC(=O)C(C)(C)NC(=O)C(C)(C)NC(=O)C(C)(C)NC(=O)c1ccc(Br)cc1)C(N)=O. The smallest absolute Gasteiger partial charge is 0.252 e. The van der Waals surface area contributed by atoms with Gasteiger partial charge in [0, 0.05) is 10.0 Å². The monoisotopic (exact) mass is 539 g/mol. The standard InChI is InChI=1S/C23H34BrN5O5/c1-20(2,16(25)31)27-18(33)22(5,6)29-19(34)23(7,8)28-17(32)21(3,4)26-15(30)13-9-11-14(24)12-10-13/h9-12H,1-8H3,(H2,25,31)(H,26,30)(H,27,33)(H,28,32)(H,29,34). The molecule has 188 valence electrons. The fourth-order valence-electron chi connectivity index (χ4n) is 2.51. The average Bonchev–Trinajstić information content (AvgIpc) is 2.66. The predicted molar refractivity (Wildman–Crippen MR) is 132 cm³/mol. The number of hydrogen-bond acceptors (Lipinski definition) is 5. The van der Waals surface area contributed by atoms with E-state index in [1.54, 1.807) is 24.3 Å². The van der Waals surface area contributed by atoms with Gasteiger partial charge in [0.2, 0.25) is 23.6 Å². The van der Waals surface area contributed by atoms with Crippen LogP contribution in [0.4, 0.5) is 0 Å². The van der Waals surface area contributed by atoms with Gasteiger partial charge in [-0.3, -0.25) is 24.0 Å². The third kappa shape index (κ3) is 7.54. The topological polar surface area (TPSA) is 159 Å². The molecule has 0 atom stereocenters. The summed E-state index contributed by atoms with van der Waals surface area (Å²) < 4.78 is 0.809. The molecule has 1 aromatic rings. The molecule has 0 saturated carbocycles. The van der Waals surface area contributed by atoms with E-state index in [9.17, 15) is 24.0 Å². The summed E-state index contributed by atoms with van der Waals surface area (Å²) in [6.07, 6.45) is 0. The van der Waals surface area contributed by atoms with Gasteiger partial charge in [-0.1, -0.05) is 15.9 Å². The van der Waals surface area contributed by atoms with Crippen LogP contribution in [0, 0.1) is 0 Å². The minimum Gasteiger partial charge on any atom is -0.368 e. The summed E-state index contributed by atoms with van der Waals surface area (Å²) in [7, 11) is 0. The fraction of sp³-hybridized carbons (Fsp3) is 0.522. The maximum Gasteiger partial charge on any atom is 0.252 e. The number of hydrogen-bond donors (Lipinski definition) is 5. The van der Waals surface area contributed by atoms with Crippen molar-refractivity contribution in [3.05, 3.63) is 34.3 Å². The van der Waals surface area contributed by atoms with E-state index in [1.165, 1.54) is 55.4 Å². The molecule has 0 aromatic heterocycles. The average molecular weight is 540 g/mol. The molecule has 0 aliphatic carbocycles. The molecule has 34 heavy (non-hydrogen) atoms. The Morgan fingerprint density at radius 2 is 0.941 bits per heavy atom. The molecule has 0 aliphatic heterocycles. The van der Waals surface area contributed by atoms with E-state index in [-0.39, 0.29) is 0 Å². The summed E-state index contributed by atoms with van der Waals surface area (Å²) >= 11 is 3.30. The lowest BCUT2D eigenvalue weighted by atomic mass is 9.95. The van der Waals surface area contributed by atoms with Crippen molar-refractivity contribution < 1.29 is 24.0 Å². The summed E-state index contributed by atoms with van der Waals surface area (Å²) in [5.74, 6) is -3.07. The van der Waals surface area contributed by atoms with Crippen LogP contribution in [0.15, 0.2) is 28.7 Å². The van der Waals surface area contributed by atoms with Crippen LogP contribution in [-0.2, 0) is 19.2 Å². The number of rotatable bonds is 9. The van der Waals surface area contributed by atoms with Gasteiger partial charge in [0.25, 0.3) is 5.91 Å². The largest absolute Gasteiger partial charge is 0.368 e. The van der Waals surface area contributed by atoms with Crippen molar-refractivity contribution in [3.8, 4) is 0 Å². The first kappa shape index (κ1) is 29.1. The number of carbonyl (C=O) groups excluding carboxylic acids is 5. The van der Waals surface area contributed by atoms with Crippen molar-refractivity contribution in [3.63, 3.8) is 0 Å². The Balaban J connectivity index is 2.88. The molecule has 11 heteroatoms. The highest BCUT2D eigenvalue weighted by Gasteiger charge is 2.41. The third-order valence-electron chi connectivity index (χ3n) is 5.13. The van der Waals surface area contributed by atoms with Crippen molar-refractivity contribution in [2.75, 3.05) is 0 Å². The molecule has 1 rings (SSSR count). The molecule has 0 heterocycles. The Morgan fingerprint density at radius 3 is 1.29 bits per heavy atom. The molecule has 0 spiro atoms. The maximum atomic E-state index is 12.9. The number of amides is 5. The molecular weight excluding hydrogens is 506 g/mol. The first-order valence-electron chi connectivity index (χ1n) is 10.6. The molecule has 0 fully saturated rings. The van der Waals surface area contributed by atoms with Gasteiger partial charge in [-0.2, -0.15) is 0 Å². The Morgan fingerprint density at radius 1 is 0.618 bits per heavy atom. The van der Waals surface area contributed by atoms with E-state index in [0.29, 0.717) is 5.56 Å². The second-order valence-electron chi connectivity index (χ2n) is 10.2. The zero-order chi connectivity index (χ0) is 26.7. The van der Waals surface area contributed by atoms with Crippen molar-refractivity contribution in [2.24, 2.45) is 5.73 Å². The number of primary amides is 1. The molecule has 0 bridgehead atoms. The van der Waals surface area contributed by atoms with Crippen LogP contribution < -0.4 is 27.0 Å². The van der Waals surface area contributed by atoms with Gasteiger partial charge in [-0.25, -0.2) is 0 Å². The third-order valence-corrected chi connectivity index (χ3v) is 5.66. The predicted octanol–water partition coefficient (Wildman–Crippen LogP) is 1.13. The lowest BCUT2D eigenvalue weighted by Gasteiger charge is -2.35. The van der Waals surface area contributed by atoms with Crippen LogP contribution in [0.3, 0.4) is 0 Å². The zero-order valence-electron chi connectivity index (χ0n) is 20.8. The van der Waals surface area contributed by atoms with Crippen molar-refractivity contribution in [1.82, 2.24) is 21.3 Å². The highest BCUT2D eigenvalue weighted by atomic mass is 79.9. The van der Waals surface area contributed by atoms with Crippen LogP contribution >= 0.6 is 15.9 Å². The normalized spacial score (nSPS) is 12.4. The Bertz CT molecular complexity index is 984. The molecule has 1 aromatic carbocycles. The lowest BCUT2D eigenvalue weighted by molar-refractivity contribution is -0.139. The van der Waals surface area contributed by atoms with Crippen LogP contribution in [0.1, 0.15) is 65.7 Å². The highest BCUT2D eigenvalue weighted by molar-refractivity contribution is 9.10. The molecule has 6 N–H and O–H groups in total. The van der Waals surface area contributed by atoms with Crippen LogP contribution in [0.25, 0.3) is 0 Å². The summed E-state index contributed by atoms with van der Waals surface area (Å²) in [5.41, 5.74) is 0.130. The molecular formula is C23H34BrN5O5. The first-order valence-corrected chi connectivity index (χ1v) is 11.4. The van der Waals surface area contributed by atoms with Gasteiger partial charge in [-0.15, -0.1) is 0 Å². The van der Waals surface area contributed by atoms with Gasteiger partial charge in [0.05, 0.1) is 0 Å². The van der Waals surface area contributed by atoms with E-state index in [0.717, 1.165) is 4.47 Å². The molecule has 0 saturated heterocycles. The molecule has 0 unspecified atom stereocenters.